The van der Waals surface area contributed by atoms with E-state index in [1.807, 2.05) is 19.1 Å². The van der Waals surface area contributed by atoms with Gasteiger partial charge in [0.15, 0.2) is 5.78 Å². The van der Waals surface area contributed by atoms with Crippen LogP contribution in [0.25, 0.3) is 0 Å². The van der Waals surface area contributed by atoms with Crippen molar-refractivity contribution in [1.29, 1.82) is 0 Å². The van der Waals surface area contributed by atoms with E-state index >= 15 is 0 Å². The minimum Gasteiger partial charge on any atom is -0.490 e. The lowest BCUT2D eigenvalue weighted by atomic mass is 9.98. The molecule has 0 N–H and O–H groups in total. The van der Waals surface area contributed by atoms with Crippen LogP contribution < -0.4 is 4.74 Å². The van der Waals surface area contributed by atoms with Crippen molar-refractivity contribution in [2.75, 3.05) is 20.3 Å². The average molecular weight is 285 g/mol. The van der Waals surface area contributed by atoms with E-state index in [4.69, 9.17) is 9.47 Å². The second-order valence-electron chi connectivity index (χ2n) is 4.55. The number of para-hydroxylation sites is 1. The zero-order chi connectivity index (χ0) is 15.1. The number of rotatable bonds is 7. The van der Waals surface area contributed by atoms with Crippen LogP contribution in [0.3, 0.4) is 0 Å². The van der Waals surface area contributed by atoms with Crippen LogP contribution in [0.2, 0.25) is 0 Å². The Morgan fingerprint density at radius 1 is 1.14 bits per heavy atom. The molecule has 0 aliphatic heterocycles. The van der Waals surface area contributed by atoms with E-state index < -0.39 is 0 Å². The molecule has 0 bridgehead atoms. The van der Waals surface area contributed by atoms with Crippen molar-refractivity contribution in [3.8, 4) is 5.75 Å². The molecule has 0 fully saturated rings. The van der Waals surface area contributed by atoms with Gasteiger partial charge >= 0.3 is 0 Å². The van der Waals surface area contributed by atoms with E-state index in [0.717, 1.165) is 12.0 Å². The lowest BCUT2D eigenvalue weighted by molar-refractivity contribution is 0.102. The number of pyridine rings is 1. The Labute approximate surface area is 124 Å². The van der Waals surface area contributed by atoms with Gasteiger partial charge in [0.25, 0.3) is 0 Å². The molecular weight excluding hydrogens is 266 g/mol. The summed E-state index contributed by atoms with van der Waals surface area (Å²) in [4.78, 5) is 16.8. The van der Waals surface area contributed by atoms with Gasteiger partial charge in [-0.15, -0.1) is 0 Å². The predicted molar refractivity (Wildman–Crippen MR) is 80.9 cm³/mol. The van der Waals surface area contributed by atoms with E-state index in [2.05, 4.69) is 4.98 Å². The first-order valence-electron chi connectivity index (χ1n) is 6.96. The maximum absolute atomic E-state index is 12.7. The van der Waals surface area contributed by atoms with Crippen molar-refractivity contribution in [3.05, 3.63) is 59.4 Å². The molecule has 4 nitrogen and oxygen atoms in total. The Hall–Kier alpha value is -2.20. The first kappa shape index (κ1) is 15.2. The van der Waals surface area contributed by atoms with E-state index in [0.29, 0.717) is 30.1 Å². The molecule has 2 rings (SSSR count). The fourth-order valence-electron chi connectivity index (χ4n) is 2.09. The minimum atomic E-state index is -0.0396. The van der Waals surface area contributed by atoms with Crippen molar-refractivity contribution in [2.24, 2.45) is 0 Å². The monoisotopic (exact) mass is 285 g/mol. The summed E-state index contributed by atoms with van der Waals surface area (Å²) in [7, 11) is 1.62. The highest BCUT2D eigenvalue weighted by Crippen LogP contribution is 2.23. The van der Waals surface area contributed by atoms with E-state index in [-0.39, 0.29) is 5.78 Å². The number of hydrogen-bond donors (Lipinski definition) is 0. The van der Waals surface area contributed by atoms with Gasteiger partial charge in [0.2, 0.25) is 0 Å². The third-order valence-electron chi connectivity index (χ3n) is 3.21. The number of carbonyl (C=O) groups is 1. The predicted octanol–water partition coefficient (Wildman–Crippen LogP) is 2.90. The number of methoxy groups -OCH3 is 1. The summed E-state index contributed by atoms with van der Waals surface area (Å²) >= 11 is 0. The van der Waals surface area contributed by atoms with Crippen LogP contribution in [0, 0.1) is 0 Å². The van der Waals surface area contributed by atoms with Crippen molar-refractivity contribution in [3.63, 3.8) is 0 Å². The maximum Gasteiger partial charge on any atom is 0.197 e. The van der Waals surface area contributed by atoms with Gasteiger partial charge in [-0.1, -0.05) is 19.1 Å². The zero-order valence-corrected chi connectivity index (χ0v) is 12.3. The quantitative estimate of drug-likeness (QED) is 0.580. The summed E-state index contributed by atoms with van der Waals surface area (Å²) in [5.74, 6) is 0.542. The molecule has 1 aromatic carbocycles. The molecule has 2 aromatic rings. The van der Waals surface area contributed by atoms with Gasteiger partial charge in [-0.2, -0.15) is 0 Å². The van der Waals surface area contributed by atoms with Crippen LogP contribution in [-0.4, -0.2) is 31.1 Å². The van der Waals surface area contributed by atoms with Crippen LogP contribution in [-0.2, 0) is 11.2 Å². The summed E-state index contributed by atoms with van der Waals surface area (Å²) < 4.78 is 10.6. The third kappa shape index (κ3) is 3.67. The first-order valence-corrected chi connectivity index (χ1v) is 6.96. The SMILES string of the molecule is CCc1cnccc1C(=O)c1ccccc1OCCOC. The van der Waals surface area contributed by atoms with Crippen LogP contribution in [0.1, 0.15) is 28.4 Å². The smallest absolute Gasteiger partial charge is 0.197 e. The number of nitrogens with zero attached hydrogens (tertiary/aromatic N) is 1. The van der Waals surface area contributed by atoms with Gasteiger partial charge in [-0.3, -0.25) is 9.78 Å². The van der Waals surface area contributed by atoms with E-state index in [1.54, 1.807) is 37.7 Å². The topological polar surface area (TPSA) is 48.4 Å². The molecule has 0 amide bonds. The summed E-state index contributed by atoms with van der Waals surface area (Å²) in [6.45, 7) is 2.91. The number of hydrogen-bond acceptors (Lipinski definition) is 4. The van der Waals surface area contributed by atoms with Crippen LogP contribution in [0.5, 0.6) is 5.75 Å². The van der Waals surface area contributed by atoms with Gasteiger partial charge in [-0.05, 0) is 30.2 Å². The number of aryl methyl sites for hydroxylation is 1. The first-order chi connectivity index (χ1) is 10.3. The van der Waals surface area contributed by atoms with Gasteiger partial charge in [0, 0.05) is 25.1 Å². The molecule has 0 unspecified atom stereocenters. The van der Waals surface area contributed by atoms with Crippen molar-refractivity contribution < 1.29 is 14.3 Å². The maximum atomic E-state index is 12.7. The van der Waals surface area contributed by atoms with Gasteiger partial charge in [0.05, 0.1) is 12.2 Å². The normalized spacial score (nSPS) is 10.4. The van der Waals surface area contributed by atoms with Gasteiger partial charge in [-0.25, -0.2) is 0 Å². The molecule has 0 radical (unpaired) electrons. The lowest BCUT2D eigenvalue weighted by Gasteiger charge is -2.12. The molecule has 1 heterocycles. The Morgan fingerprint density at radius 2 is 1.95 bits per heavy atom. The summed E-state index contributed by atoms with van der Waals surface area (Å²) in [6, 6.07) is 9.03. The highest BCUT2D eigenvalue weighted by atomic mass is 16.5. The van der Waals surface area contributed by atoms with Crippen LogP contribution in [0.4, 0.5) is 0 Å². The van der Waals surface area contributed by atoms with Crippen molar-refractivity contribution in [2.45, 2.75) is 13.3 Å². The molecule has 0 saturated carbocycles. The van der Waals surface area contributed by atoms with Gasteiger partial charge < -0.3 is 9.47 Å². The highest BCUT2D eigenvalue weighted by molar-refractivity contribution is 6.11. The molecule has 0 atom stereocenters. The van der Waals surface area contributed by atoms with E-state index in [1.165, 1.54) is 0 Å². The number of ketones is 1. The molecule has 0 saturated heterocycles. The molecule has 4 heteroatoms. The molecule has 0 aliphatic rings. The standard InChI is InChI=1S/C17H19NO3/c1-3-13-12-18-9-8-14(13)17(19)15-6-4-5-7-16(15)21-11-10-20-2/h4-9,12H,3,10-11H2,1-2H3. The lowest BCUT2D eigenvalue weighted by Crippen LogP contribution is -2.10. The number of aromatic nitrogens is 1. The highest BCUT2D eigenvalue weighted by Gasteiger charge is 2.16. The second-order valence-corrected chi connectivity index (χ2v) is 4.55. The minimum absolute atomic E-state index is 0.0396. The van der Waals surface area contributed by atoms with Gasteiger partial charge in [0.1, 0.15) is 12.4 Å². The number of benzene rings is 1. The fourth-order valence-corrected chi connectivity index (χ4v) is 2.09. The molecule has 0 aliphatic carbocycles. The Bertz CT molecular complexity index is 610. The van der Waals surface area contributed by atoms with Crippen molar-refractivity contribution >= 4 is 5.78 Å². The summed E-state index contributed by atoms with van der Waals surface area (Å²) in [5, 5.41) is 0. The van der Waals surface area contributed by atoms with Crippen LogP contribution in [0.15, 0.2) is 42.7 Å². The van der Waals surface area contributed by atoms with E-state index in [9.17, 15) is 4.79 Å². The Morgan fingerprint density at radius 3 is 2.71 bits per heavy atom. The number of carbonyl (C=O) groups excluding carboxylic acids is 1. The Kier molecular flexibility index (Phi) is 5.46. The molecule has 110 valence electrons. The largest absolute Gasteiger partial charge is 0.490 e. The summed E-state index contributed by atoms with van der Waals surface area (Å²) in [5.41, 5.74) is 2.18. The number of ether oxygens (including phenoxy) is 2. The zero-order valence-electron chi connectivity index (χ0n) is 12.3. The molecule has 21 heavy (non-hydrogen) atoms. The molecule has 0 spiro atoms. The Balaban J connectivity index is 2.30. The summed E-state index contributed by atoms with van der Waals surface area (Å²) in [6.07, 6.45) is 4.14. The fraction of sp³-hybridized carbons (Fsp3) is 0.294. The second kappa shape index (κ2) is 7.55. The molecular formula is C17H19NO3. The third-order valence-corrected chi connectivity index (χ3v) is 3.21. The average Bonchev–Trinajstić information content (AvgIpc) is 2.55. The molecule has 1 aromatic heterocycles. The van der Waals surface area contributed by atoms with Crippen LogP contribution >= 0.6 is 0 Å². The van der Waals surface area contributed by atoms with Crippen molar-refractivity contribution in [1.82, 2.24) is 4.98 Å².